The molecule has 3 aromatic rings. The lowest BCUT2D eigenvalue weighted by Crippen LogP contribution is -2.37. The van der Waals surface area contributed by atoms with Crippen LogP contribution in [0, 0.1) is 5.92 Å². The van der Waals surface area contributed by atoms with Crippen molar-refractivity contribution >= 4 is 5.91 Å². The Bertz CT molecular complexity index is 1020. The summed E-state index contributed by atoms with van der Waals surface area (Å²) in [5, 5.41) is 0. The van der Waals surface area contributed by atoms with E-state index in [9.17, 15) is 4.79 Å². The highest BCUT2D eigenvalue weighted by molar-refractivity contribution is 5.79. The molecule has 0 aromatic heterocycles. The Morgan fingerprint density at radius 2 is 1.35 bits per heavy atom. The molecule has 2 fully saturated rings. The second-order valence-corrected chi connectivity index (χ2v) is 9.94. The number of piperidine rings is 1. The van der Waals surface area contributed by atoms with Gasteiger partial charge in [-0.1, -0.05) is 84.9 Å². The zero-order chi connectivity index (χ0) is 23.3. The number of amides is 1. The summed E-state index contributed by atoms with van der Waals surface area (Å²) in [4.78, 5) is 18.4. The van der Waals surface area contributed by atoms with E-state index in [1.54, 1.807) is 4.90 Å². The summed E-state index contributed by atoms with van der Waals surface area (Å²) in [5.41, 5.74) is 5.48. The molecular formula is C30H35N3O. The summed E-state index contributed by atoms with van der Waals surface area (Å²) in [6, 6.07) is 31.3. The van der Waals surface area contributed by atoms with E-state index in [0.717, 1.165) is 38.6 Å². The normalized spacial score (nSPS) is 18.2. The van der Waals surface area contributed by atoms with Gasteiger partial charge in [-0.2, -0.15) is 0 Å². The third-order valence-corrected chi connectivity index (χ3v) is 7.40. The van der Waals surface area contributed by atoms with E-state index < -0.39 is 0 Å². The number of nitrogens with zero attached hydrogens (tertiary/aromatic N) is 3. The Labute approximate surface area is 203 Å². The molecule has 0 bridgehead atoms. The van der Waals surface area contributed by atoms with Crippen LogP contribution in [0.4, 0.5) is 0 Å². The maximum absolute atomic E-state index is 11.8. The highest BCUT2D eigenvalue weighted by atomic mass is 16.2. The van der Waals surface area contributed by atoms with Gasteiger partial charge in [0.05, 0.1) is 19.3 Å². The summed E-state index contributed by atoms with van der Waals surface area (Å²) in [6.07, 6.45) is 3.63. The van der Waals surface area contributed by atoms with Gasteiger partial charge in [-0.15, -0.1) is 0 Å². The fraction of sp³-hybridized carbons (Fsp3) is 0.367. The van der Waals surface area contributed by atoms with Gasteiger partial charge >= 0.3 is 0 Å². The fourth-order valence-corrected chi connectivity index (χ4v) is 5.52. The molecule has 4 heteroatoms. The summed E-state index contributed by atoms with van der Waals surface area (Å²) in [6.45, 7) is 4.37. The van der Waals surface area contributed by atoms with Crippen molar-refractivity contribution in [2.75, 3.05) is 33.4 Å². The molecule has 0 atom stereocenters. The van der Waals surface area contributed by atoms with Crippen molar-refractivity contribution in [2.45, 2.75) is 31.8 Å². The van der Waals surface area contributed by atoms with Gasteiger partial charge in [0.2, 0.25) is 5.91 Å². The summed E-state index contributed by atoms with van der Waals surface area (Å²) in [5.74, 6) is 0.948. The van der Waals surface area contributed by atoms with E-state index in [-0.39, 0.29) is 5.91 Å². The van der Waals surface area contributed by atoms with E-state index >= 15 is 0 Å². The molecule has 2 saturated heterocycles. The molecule has 0 spiro atoms. The van der Waals surface area contributed by atoms with E-state index in [4.69, 9.17) is 0 Å². The molecule has 0 aliphatic carbocycles. The van der Waals surface area contributed by atoms with Crippen LogP contribution in [0.3, 0.4) is 0 Å². The van der Waals surface area contributed by atoms with Gasteiger partial charge in [0.15, 0.2) is 0 Å². The van der Waals surface area contributed by atoms with Crippen LogP contribution in [0.15, 0.2) is 84.9 Å². The zero-order valence-electron chi connectivity index (χ0n) is 20.1. The monoisotopic (exact) mass is 453 g/mol. The average Bonchev–Trinajstić information content (AvgIpc) is 3.19. The van der Waals surface area contributed by atoms with Crippen LogP contribution in [0.5, 0.6) is 0 Å². The van der Waals surface area contributed by atoms with Crippen LogP contribution >= 0.6 is 0 Å². The van der Waals surface area contributed by atoms with Crippen molar-refractivity contribution in [3.05, 3.63) is 107 Å². The molecule has 0 unspecified atom stereocenters. The molecule has 0 radical (unpaired) electrons. The molecule has 5 rings (SSSR count). The first-order valence-corrected chi connectivity index (χ1v) is 12.5. The van der Waals surface area contributed by atoms with Crippen LogP contribution in [0.1, 0.15) is 41.1 Å². The summed E-state index contributed by atoms with van der Waals surface area (Å²) in [7, 11) is 1.87. The Morgan fingerprint density at radius 3 is 1.88 bits per heavy atom. The number of hydrogen-bond donors (Lipinski definition) is 0. The van der Waals surface area contributed by atoms with Gasteiger partial charge in [-0.3, -0.25) is 14.6 Å². The van der Waals surface area contributed by atoms with Gasteiger partial charge in [-0.25, -0.2) is 0 Å². The zero-order valence-corrected chi connectivity index (χ0v) is 20.1. The molecule has 4 nitrogen and oxygen atoms in total. The standard InChI is InChI=1S/C30H35N3O/c1-31-23-32(22-29(31)34)21-26-14-12-24(13-15-26)20-25-16-18-33(19-17-25)30(27-8-4-2-5-9-27)28-10-6-3-7-11-28/h2-15,25,30H,16-23H2,1H3. The second kappa shape index (κ2) is 10.5. The first-order chi connectivity index (χ1) is 16.7. The molecular weight excluding hydrogens is 418 g/mol. The number of rotatable bonds is 7. The Kier molecular flexibility index (Phi) is 7.08. The molecule has 2 heterocycles. The molecule has 1 amide bonds. The quantitative estimate of drug-likeness (QED) is 0.506. The fourth-order valence-electron chi connectivity index (χ4n) is 5.52. The minimum atomic E-state index is 0.213. The molecule has 34 heavy (non-hydrogen) atoms. The highest BCUT2D eigenvalue weighted by Crippen LogP contribution is 2.33. The van der Waals surface area contributed by atoms with Crippen LogP contribution in [-0.4, -0.2) is 54.0 Å². The maximum Gasteiger partial charge on any atom is 0.237 e. The lowest BCUT2D eigenvalue weighted by molar-refractivity contribution is -0.125. The SMILES string of the molecule is CN1CN(Cc2ccc(CC3CCN(C(c4ccccc4)c4ccccc4)CC3)cc2)CC1=O. The van der Waals surface area contributed by atoms with Crippen molar-refractivity contribution in [2.24, 2.45) is 5.92 Å². The van der Waals surface area contributed by atoms with E-state index in [1.165, 1.54) is 35.1 Å². The molecule has 2 aliphatic heterocycles. The number of likely N-dealkylation sites (N-methyl/N-ethyl adjacent to an activating group) is 1. The van der Waals surface area contributed by atoms with Gasteiger partial charge in [0, 0.05) is 13.6 Å². The third kappa shape index (κ3) is 5.40. The first-order valence-electron chi connectivity index (χ1n) is 12.5. The van der Waals surface area contributed by atoms with Gasteiger partial charge in [-0.05, 0) is 60.5 Å². The third-order valence-electron chi connectivity index (χ3n) is 7.40. The molecule has 3 aromatic carbocycles. The topological polar surface area (TPSA) is 26.8 Å². The number of carbonyl (C=O) groups excluding carboxylic acids is 1. The predicted octanol–water partition coefficient (Wildman–Crippen LogP) is 4.96. The van der Waals surface area contributed by atoms with Crippen molar-refractivity contribution in [1.82, 2.24) is 14.7 Å². The van der Waals surface area contributed by atoms with E-state index in [1.807, 2.05) is 7.05 Å². The van der Waals surface area contributed by atoms with Gasteiger partial charge in [0.1, 0.15) is 0 Å². The Hall–Kier alpha value is -2.95. The van der Waals surface area contributed by atoms with Crippen LogP contribution < -0.4 is 0 Å². The smallest absolute Gasteiger partial charge is 0.237 e. The highest BCUT2D eigenvalue weighted by Gasteiger charge is 2.27. The lowest BCUT2D eigenvalue weighted by Gasteiger charge is -2.38. The van der Waals surface area contributed by atoms with E-state index in [2.05, 4.69) is 94.7 Å². The minimum absolute atomic E-state index is 0.213. The molecule has 0 N–H and O–H groups in total. The van der Waals surface area contributed by atoms with Crippen molar-refractivity contribution in [1.29, 1.82) is 0 Å². The van der Waals surface area contributed by atoms with Crippen LogP contribution in [0.2, 0.25) is 0 Å². The Morgan fingerprint density at radius 1 is 0.794 bits per heavy atom. The van der Waals surface area contributed by atoms with Crippen LogP contribution in [0.25, 0.3) is 0 Å². The van der Waals surface area contributed by atoms with Gasteiger partial charge < -0.3 is 4.90 Å². The van der Waals surface area contributed by atoms with Crippen molar-refractivity contribution in [3.8, 4) is 0 Å². The van der Waals surface area contributed by atoms with E-state index in [0.29, 0.717) is 12.6 Å². The maximum atomic E-state index is 11.8. The molecule has 2 aliphatic rings. The summed E-state index contributed by atoms with van der Waals surface area (Å²) >= 11 is 0. The average molecular weight is 454 g/mol. The number of benzene rings is 3. The largest absolute Gasteiger partial charge is 0.332 e. The second-order valence-electron chi connectivity index (χ2n) is 9.94. The minimum Gasteiger partial charge on any atom is -0.332 e. The lowest BCUT2D eigenvalue weighted by atomic mass is 9.87. The van der Waals surface area contributed by atoms with Gasteiger partial charge in [0.25, 0.3) is 0 Å². The summed E-state index contributed by atoms with van der Waals surface area (Å²) < 4.78 is 0. The van der Waals surface area contributed by atoms with Crippen molar-refractivity contribution in [3.63, 3.8) is 0 Å². The molecule has 0 saturated carbocycles. The Balaban J connectivity index is 1.18. The van der Waals surface area contributed by atoms with Crippen LogP contribution in [-0.2, 0) is 17.8 Å². The molecule has 176 valence electrons. The first kappa shape index (κ1) is 22.8. The number of carbonyl (C=O) groups is 1. The predicted molar refractivity (Wildman–Crippen MR) is 137 cm³/mol. The number of hydrogen-bond acceptors (Lipinski definition) is 3. The van der Waals surface area contributed by atoms with Crippen molar-refractivity contribution < 1.29 is 4.79 Å². The number of likely N-dealkylation sites (tertiary alicyclic amines) is 1.